The Bertz CT molecular complexity index is 720. The van der Waals surface area contributed by atoms with Gasteiger partial charge >= 0.3 is 6.03 Å². The second kappa shape index (κ2) is 6.95. The molecule has 2 heterocycles. The fraction of sp³-hybridized carbons (Fsp3) is 0.500. The molecule has 0 saturated carbocycles. The molecule has 2 atom stereocenters. The molecule has 2 unspecified atom stereocenters. The van der Waals surface area contributed by atoms with Crippen molar-refractivity contribution in [3.63, 3.8) is 0 Å². The molecule has 3 N–H and O–H groups in total. The Hall–Kier alpha value is -2.61. The molecule has 4 amide bonds. The van der Waals surface area contributed by atoms with Crippen LogP contribution in [0.15, 0.2) is 24.3 Å². The van der Waals surface area contributed by atoms with Crippen LogP contribution in [0.1, 0.15) is 18.9 Å². The summed E-state index contributed by atoms with van der Waals surface area (Å²) in [5, 5.41) is 2.71. The summed E-state index contributed by atoms with van der Waals surface area (Å²) in [6.45, 7) is 3.10. The zero-order chi connectivity index (χ0) is 18.9. The smallest absolute Gasteiger partial charge is 0.325 e. The maximum Gasteiger partial charge on any atom is 0.325 e. The van der Waals surface area contributed by atoms with E-state index in [-0.39, 0.29) is 18.4 Å². The van der Waals surface area contributed by atoms with E-state index in [1.54, 1.807) is 43.2 Å². The van der Waals surface area contributed by atoms with Crippen LogP contribution >= 0.6 is 0 Å². The van der Waals surface area contributed by atoms with Crippen molar-refractivity contribution >= 4 is 17.8 Å². The molecule has 8 nitrogen and oxygen atoms in total. The average molecular weight is 360 g/mol. The monoisotopic (exact) mass is 360 g/mol. The molecule has 2 aliphatic rings. The second-order valence-electron chi connectivity index (χ2n) is 6.91. The van der Waals surface area contributed by atoms with Crippen LogP contribution in [-0.4, -0.2) is 60.9 Å². The van der Waals surface area contributed by atoms with E-state index in [4.69, 9.17) is 10.5 Å². The number of nitrogens with one attached hydrogen (secondary N) is 1. The molecule has 0 aromatic heterocycles. The maximum atomic E-state index is 12.9. The van der Waals surface area contributed by atoms with Gasteiger partial charge in [-0.3, -0.25) is 14.5 Å². The summed E-state index contributed by atoms with van der Waals surface area (Å²) in [7, 11) is 1.56. The van der Waals surface area contributed by atoms with E-state index in [1.165, 1.54) is 0 Å². The molecule has 2 saturated heterocycles. The first-order valence-corrected chi connectivity index (χ1v) is 8.65. The predicted octanol–water partition coefficient (Wildman–Crippen LogP) is 0.269. The first-order chi connectivity index (χ1) is 12.4. The fourth-order valence-electron chi connectivity index (χ4n) is 3.45. The highest BCUT2D eigenvalue weighted by Gasteiger charge is 2.49. The van der Waals surface area contributed by atoms with Gasteiger partial charge < -0.3 is 20.7 Å². The Morgan fingerprint density at radius 1 is 1.35 bits per heavy atom. The van der Waals surface area contributed by atoms with E-state index in [1.807, 2.05) is 0 Å². The van der Waals surface area contributed by atoms with Crippen molar-refractivity contribution < 1.29 is 19.1 Å². The summed E-state index contributed by atoms with van der Waals surface area (Å²) in [5.41, 5.74) is 5.08. The first-order valence-electron chi connectivity index (χ1n) is 8.65. The zero-order valence-corrected chi connectivity index (χ0v) is 15.0. The normalized spacial score (nSPS) is 25.6. The van der Waals surface area contributed by atoms with Crippen LogP contribution in [0, 0.1) is 5.92 Å². The lowest BCUT2D eigenvalue weighted by molar-refractivity contribution is -0.138. The van der Waals surface area contributed by atoms with Crippen molar-refractivity contribution in [2.45, 2.75) is 18.9 Å². The summed E-state index contributed by atoms with van der Waals surface area (Å²) in [6, 6.07) is 6.36. The molecule has 26 heavy (non-hydrogen) atoms. The van der Waals surface area contributed by atoms with Gasteiger partial charge in [0.25, 0.3) is 5.91 Å². The number of carbonyl (C=O) groups excluding carboxylic acids is 3. The zero-order valence-electron chi connectivity index (χ0n) is 15.0. The number of nitrogens with two attached hydrogens (primary N) is 1. The molecular weight excluding hydrogens is 336 g/mol. The van der Waals surface area contributed by atoms with E-state index >= 15 is 0 Å². The highest BCUT2D eigenvalue weighted by atomic mass is 16.5. The number of carbonyl (C=O) groups is 3. The predicted molar refractivity (Wildman–Crippen MR) is 94.3 cm³/mol. The van der Waals surface area contributed by atoms with Crippen LogP contribution in [0.3, 0.4) is 0 Å². The Morgan fingerprint density at radius 3 is 2.62 bits per heavy atom. The molecule has 1 aromatic carbocycles. The quantitative estimate of drug-likeness (QED) is 0.734. The van der Waals surface area contributed by atoms with E-state index in [9.17, 15) is 14.4 Å². The van der Waals surface area contributed by atoms with Crippen molar-refractivity contribution in [2.75, 3.05) is 33.3 Å². The van der Waals surface area contributed by atoms with Crippen molar-refractivity contribution in [3.8, 4) is 5.75 Å². The molecule has 3 rings (SSSR count). The average Bonchev–Trinajstić information content (AvgIpc) is 3.21. The highest BCUT2D eigenvalue weighted by molar-refractivity contribution is 6.09. The molecule has 140 valence electrons. The van der Waals surface area contributed by atoms with Gasteiger partial charge in [0.05, 0.1) is 7.11 Å². The molecule has 8 heteroatoms. The number of benzene rings is 1. The Kier molecular flexibility index (Phi) is 4.86. The van der Waals surface area contributed by atoms with Crippen molar-refractivity contribution in [3.05, 3.63) is 29.8 Å². The highest BCUT2D eigenvalue weighted by Crippen LogP contribution is 2.30. The summed E-state index contributed by atoms with van der Waals surface area (Å²) < 4.78 is 5.12. The Morgan fingerprint density at radius 2 is 2.04 bits per heavy atom. The van der Waals surface area contributed by atoms with Gasteiger partial charge in [0, 0.05) is 13.1 Å². The van der Waals surface area contributed by atoms with Gasteiger partial charge in [-0.25, -0.2) is 4.79 Å². The molecule has 0 bridgehead atoms. The van der Waals surface area contributed by atoms with Gasteiger partial charge in [-0.05, 0) is 43.5 Å². The maximum absolute atomic E-state index is 12.9. The number of likely N-dealkylation sites (tertiary alicyclic amines) is 1. The molecule has 1 aromatic rings. The summed E-state index contributed by atoms with van der Waals surface area (Å²) in [5.74, 6) is 0.273. The number of nitrogens with zero attached hydrogens (tertiary/aromatic N) is 2. The summed E-state index contributed by atoms with van der Waals surface area (Å²) in [4.78, 5) is 40.4. The van der Waals surface area contributed by atoms with Gasteiger partial charge in [-0.15, -0.1) is 0 Å². The van der Waals surface area contributed by atoms with Crippen LogP contribution in [0.5, 0.6) is 5.75 Å². The van der Waals surface area contributed by atoms with Crippen molar-refractivity contribution in [2.24, 2.45) is 11.7 Å². The third kappa shape index (κ3) is 3.12. The van der Waals surface area contributed by atoms with Gasteiger partial charge in [0.2, 0.25) is 5.91 Å². The molecule has 2 fully saturated rings. The molecule has 0 radical (unpaired) electrons. The van der Waals surface area contributed by atoms with Crippen molar-refractivity contribution in [1.82, 2.24) is 15.1 Å². The van der Waals surface area contributed by atoms with Gasteiger partial charge in [0.15, 0.2) is 0 Å². The SMILES string of the molecule is COc1ccc(C2(C)NC(=O)N(CC(=O)N3CCC(CN)C3)C2=O)cc1. The number of hydrogen-bond donors (Lipinski definition) is 2. The van der Waals surface area contributed by atoms with E-state index < -0.39 is 17.5 Å². The Balaban J connectivity index is 1.73. The summed E-state index contributed by atoms with van der Waals surface area (Å²) in [6.07, 6.45) is 0.853. The molecule has 2 aliphatic heterocycles. The number of rotatable bonds is 5. The third-order valence-electron chi connectivity index (χ3n) is 5.21. The molecule has 0 aliphatic carbocycles. The van der Waals surface area contributed by atoms with Crippen LogP contribution in [0.25, 0.3) is 0 Å². The number of urea groups is 1. The van der Waals surface area contributed by atoms with E-state index in [0.717, 1.165) is 11.3 Å². The largest absolute Gasteiger partial charge is 0.497 e. The number of methoxy groups -OCH3 is 1. The topological polar surface area (TPSA) is 105 Å². The van der Waals surface area contributed by atoms with Crippen LogP contribution in [0.2, 0.25) is 0 Å². The standard InChI is InChI=1S/C18H24N4O4/c1-18(13-3-5-14(26-2)6-4-13)16(24)22(17(25)20-18)11-15(23)21-8-7-12(9-19)10-21/h3-6,12H,7-11,19H2,1-2H3,(H,20,25). The minimum Gasteiger partial charge on any atom is -0.497 e. The first kappa shape index (κ1) is 18.2. The van der Waals surface area contributed by atoms with Gasteiger partial charge in [-0.1, -0.05) is 12.1 Å². The van der Waals surface area contributed by atoms with Crippen LogP contribution < -0.4 is 15.8 Å². The number of hydrogen-bond acceptors (Lipinski definition) is 5. The number of ether oxygens (including phenoxy) is 1. The fourth-order valence-corrected chi connectivity index (χ4v) is 3.45. The van der Waals surface area contributed by atoms with E-state index in [2.05, 4.69) is 5.32 Å². The minimum absolute atomic E-state index is 0.233. The minimum atomic E-state index is -1.20. The molecular formula is C18H24N4O4. The summed E-state index contributed by atoms with van der Waals surface area (Å²) >= 11 is 0. The second-order valence-corrected chi connectivity index (χ2v) is 6.91. The molecule has 0 spiro atoms. The Labute approximate surface area is 152 Å². The van der Waals surface area contributed by atoms with Gasteiger partial charge in [0.1, 0.15) is 17.8 Å². The van der Waals surface area contributed by atoms with Crippen LogP contribution in [-0.2, 0) is 15.1 Å². The lowest BCUT2D eigenvalue weighted by atomic mass is 9.92. The lowest BCUT2D eigenvalue weighted by Crippen LogP contribution is -2.44. The third-order valence-corrected chi connectivity index (χ3v) is 5.21. The lowest BCUT2D eigenvalue weighted by Gasteiger charge is -2.23. The van der Waals surface area contributed by atoms with Gasteiger partial charge in [-0.2, -0.15) is 0 Å². The van der Waals surface area contributed by atoms with Crippen LogP contribution in [0.4, 0.5) is 4.79 Å². The number of amides is 4. The van der Waals surface area contributed by atoms with Crippen molar-refractivity contribution in [1.29, 1.82) is 0 Å². The number of imide groups is 1. The van der Waals surface area contributed by atoms with E-state index in [0.29, 0.717) is 30.9 Å².